The smallest absolute Gasteiger partial charge is 0.0998 e. The normalized spacial score (nSPS) is 11.2. The lowest BCUT2D eigenvalue weighted by atomic mass is 10.0. The predicted molar refractivity (Wildman–Crippen MR) is 110 cm³/mol. The summed E-state index contributed by atoms with van der Waals surface area (Å²) < 4.78 is 0.997. The van der Waals surface area contributed by atoms with Crippen molar-refractivity contribution in [1.82, 2.24) is 0 Å². The van der Waals surface area contributed by atoms with Crippen molar-refractivity contribution in [2.45, 2.75) is 9.79 Å². The highest BCUT2D eigenvalue weighted by Gasteiger charge is 2.02. The van der Waals surface area contributed by atoms with Crippen LogP contribution in [0.2, 0.25) is 5.02 Å². The highest BCUT2D eigenvalue weighted by molar-refractivity contribution is 9.10. The van der Waals surface area contributed by atoms with E-state index in [9.17, 15) is 5.26 Å². The van der Waals surface area contributed by atoms with Gasteiger partial charge >= 0.3 is 0 Å². The molecular weight excluding hydrogens is 414 g/mol. The number of benzene rings is 3. The van der Waals surface area contributed by atoms with Crippen LogP contribution in [-0.2, 0) is 0 Å². The van der Waals surface area contributed by atoms with Crippen molar-refractivity contribution >= 4 is 50.9 Å². The van der Waals surface area contributed by atoms with Crippen LogP contribution in [0.5, 0.6) is 0 Å². The van der Waals surface area contributed by atoms with Crippen molar-refractivity contribution in [3.05, 3.63) is 93.4 Å². The minimum absolute atomic E-state index is 0.644. The van der Waals surface area contributed by atoms with E-state index >= 15 is 0 Å². The molecule has 0 bridgehead atoms. The van der Waals surface area contributed by atoms with E-state index in [-0.39, 0.29) is 0 Å². The van der Waals surface area contributed by atoms with E-state index in [1.807, 2.05) is 66.7 Å². The summed E-state index contributed by atoms with van der Waals surface area (Å²) in [6.07, 6.45) is 1.90. The van der Waals surface area contributed by atoms with Gasteiger partial charge in [-0.3, -0.25) is 0 Å². The third-order valence-corrected chi connectivity index (χ3v) is 5.31. The summed E-state index contributed by atoms with van der Waals surface area (Å²) in [7, 11) is 0. The number of hydrogen-bond donors (Lipinski definition) is 0. The number of halogens is 2. The Morgan fingerprint density at radius 2 is 1.44 bits per heavy atom. The van der Waals surface area contributed by atoms with Crippen molar-refractivity contribution < 1.29 is 0 Å². The molecule has 0 aliphatic carbocycles. The molecule has 25 heavy (non-hydrogen) atoms. The zero-order valence-electron chi connectivity index (χ0n) is 13.1. The summed E-state index contributed by atoms with van der Waals surface area (Å²) in [4.78, 5) is 2.28. The first-order chi connectivity index (χ1) is 12.1. The number of hydrogen-bond acceptors (Lipinski definition) is 2. The van der Waals surface area contributed by atoms with Crippen LogP contribution in [0.1, 0.15) is 11.1 Å². The fourth-order valence-corrected chi connectivity index (χ4v) is 3.45. The Bertz CT molecular complexity index is 924. The van der Waals surface area contributed by atoms with Crippen molar-refractivity contribution in [2.75, 3.05) is 0 Å². The fourth-order valence-electron chi connectivity index (χ4n) is 2.25. The van der Waals surface area contributed by atoms with Gasteiger partial charge in [-0.2, -0.15) is 5.26 Å². The maximum atomic E-state index is 9.44. The zero-order valence-corrected chi connectivity index (χ0v) is 16.3. The van der Waals surface area contributed by atoms with E-state index < -0.39 is 0 Å². The van der Waals surface area contributed by atoms with Gasteiger partial charge in [0, 0.05) is 19.3 Å². The molecule has 122 valence electrons. The molecular formula is C21H13BrClNS. The summed E-state index contributed by atoms with van der Waals surface area (Å²) in [5.74, 6) is 0. The summed E-state index contributed by atoms with van der Waals surface area (Å²) in [6.45, 7) is 0. The molecule has 0 heterocycles. The molecule has 0 aromatic heterocycles. The van der Waals surface area contributed by atoms with E-state index in [1.54, 1.807) is 11.8 Å². The van der Waals surface area contributed by atoms with Gasteiger partial charge in [0.1, 0.15) is 0 Å². The number of nitriles is 1. The van der Waals surface area contributed by atoms with Crippen LogP contribution in [0.3, 0.4) is 0 Å². The minimum Gasteiger partial charge on any atom is -0.192 e. The second-order valence-electron chi connectivity index (χ2n) is 5.30. The topological polar surface area (TPSA) is 23.8 Å². The Morgan fingerprint density at radius 3 is 2.00 bits per heavy atom. The standard InChI is InChI=1S/C21H13BrClNS/c22-18-5-3-16(4-6-18)17(14-24)13-15-1-9-20(10-2-15)25-21-11-7-19(23)8-12-21/h1-13H/b17-13-. The molecule has 3 rings (SSSR count). The van der Waals surface area contributed by atoms with Crippen molar-refractivity contribution in [2.24, 2.45) is 0 Å². The van der Waals surface area contributed by atoms with Crippen LogP contribution < -0.4 is 0 Å². The van der Waals surface area contributed by atoms with Crippen molar-refractivity contribution in [1.29, 1.82) is 5.26 Å². The molecule has 0 spiro atoms. The highest BCUT2D eigenvalue weighted by Crippen LogP contribution is 2.29. The molecule has 4 heteroatoms. The number of allylic oxidation sites excluding steroid dienone is 1. The van der Waals surface area contributed by atoms with Crippen LogP contribution in [0.25, 0.3) is 11.6 Å². The van der Waals surface area contributed by atoms with E-state index in [0.29, 0.717) is 5.57 Å². The SMILES string of the molecule is N#C/C(=C/c1ccc(Sc2ccc(Cl)cc2)cc1)c1ccc(Br)cc1. The van der Waals surface area contributed by atoms with E-state index in [4.69, 9.17) is 11.6 Å². The molecule has 3 aromatic rings. The zero-order chi connectivity index (χ0) is 17.6. The summed E-state index contributed by atoms with van der Waals surface area (Å²) in [5.41, 5.74) is 2.55. The van der Waals surface area contributed by atoms with Crippen LogP contribution in [-0.4, -0.2) is 0 Å². The van der Waals surface area contributed by atoms with Gasteiger partial charge in [0.2, 0.25) is 0 Å². The Kier molecular flexibility index (Phi) is 5.99. The molecule has 0 atom stereocenters. The quantitative estimate of drug-likeness (QED) is 0.322. The first-order valence-corrected chi connectivity index (χ1v) is 9.54. The van der Waals surface area contributed by atoms with Gasteiger partial charge in [0.05, 0.1) is 11.6 Å². The van der Waals surface area contributed by atoms with Gasteiger partial charge in [-0.25, -0.2) is 0 Å². The lowest BCUT2D eigenvalue weighted by Crippen LogP contribution is -1.82. The van der Waals surface area contributed by atoms with Gasteiger partial charge < -0.3 is 0 Å². The lowest BCUT2D eigenvalue weighted by molar-refractivity contribution is 1.40. The minimum atomic E-state index is 0.644. The predicted octanol–water partition coefficient (Wildman–Crippen LogP) is 7.32. The second kappa shape index (κ2) is 8.40. The molecule has 0 aliphatic rings. The first kappa shape index (κ1) is 17.8. The molecule has 0 aliphatic heterocycles. The first-order valence-electron chi connectivity index (χ1n) is 7.55. The molecule has 0 fully saturated rings. The third-order valence-electron chi connectivity index (χ3n) is 3.52. The van der Waals surface area contributed by atoms with Gasteiger partial charge in [-0.05, 0) is 65.7 Å². The van der Waals surface area contributed by atoms with Crippen molar-refractivity contribution in [3.63, 3.8) is 0 Å². The van der Waals surface area contributed by atoms with E-state index in [2.05, 4.69) is 34.1 Å². The van der Waals surface area contributed by atoms with Gasteiger partial charge in [-0.1, -0.05) is 63.6 Å². The molecule has 0 saturated carbocycles. The molecule has 0 radical (unpaired) electrons. The molecule has 0 amide bonds. The number of rotatable bonds is 4. The molecule has 0 unspecified atom stereocenters. The summed E-state index contributed by atoms with van der Waals surface area (Å²) in [5, 5.41) is 10.2. The summed E-state index contributed by atoms with van der Waals surface area (Å²) in [6, 6.07) is 26.0. The highest BCUT2D eigenvalue weighted by atomic mass is 79.9. The Balaban J connectivity index is 1.78. The van der Waals surface area contributed by atoms with Crippen LogP contribution in [0.4, 0.5) is 0 Å². The molecule has 0 saturated heterocycles. The fraction of sp³-hybridized carbons (Fsp3) is 0. The van der Waals surface area contributed by atoms with Gasteiger partial charge in [0.15, 0.2) is 0 Å². The van der Waals surface area contributed by atoms with Crippen LogP contribution in [0, 0.1) is 11.3 Å². The van der Waals surface area contributed by atoms with Gasteiger partial charge in [-0.15, -0.1) is 0 Å². The Labute approximate surface area is 165 Å². The average Bonchev–Trinajstić information content (AvgIpc) is 2.64. The average molecular weight is 427 g/mol. The van der Waals surface area contributed by atoms with Gasteiger partial charge in [0.25, 0.3) is 0 Å². The van der Waals surface area contributed by atoms with E-state index in [1.165, 1.54) is 0 Å². The molecule has 1 nitrogen and oxygen atoms in total. The van der Waals surface area contributed by atoms with E-state index in [0.717, 1.165) is 30.4 Å². The maximum Gasteiger partial charge on any atom is 0.0998 e. The van der Waals surface area contributed by atoms with Crippen LogP contribution >= 0.6 is 39.3 Å². The Hall–Kier alpha value is -1.99. The summed E-state index contributed by atoms with van der Waals surface area (Å²) >= 11 is 11.0. The third kappa shape index (κ3) is 4.99. The molecule has 0 N–H and O–H groups in total. The monoisotopic (exact) mass is 425 g/mol. The Morgan fingerprint density at radius 1 is 0.880 bits per heavy atom. The molecule has 3 aromatic carbocycles. The largest absolute Gasteiger partial charge is 0.192 e. The van der Waals surface area contributed by atoms with Crippen LogP contribution in [0.15, 0.2) is 87.1 Å². The number of nitrogens with zero attached hydrogens (tertiary/aromatic N) is 1. The van der Waals surface area contributed by atoms with Crippen molar-refractivity contribution in [3.8, 4) is 6.07 Å². The second-order valence-corrected chi connectivity index (χ2v) is 7.80. The maximum absolute atomic E-state index is 9.44. The lowest BCUT2D eigenvalue weighted by Gasteiger charge is -2.04.